The van der Waals surface area contributed by atoms with Gasteiger partial charge < -0.3 is 4.90 Å². The highest BCUT2D eigenvalue weighted by Crippen LogP contribution is 2.22. The van der Waals surface area contributed by atoms with Gasteiger partial charge in [-0.2, -0.15) is 0 Å². The Balaban J connectivity index is 2.57. The molecule has 92 valence electrons. The van der Waals surface area contributed by atoms with Gasteiger partial charge in [-0.3, -0.25) is 0 Å². The second kappa shape index (κ2) is 7.41. The van der Waals surface area contributed by atoms with E-state index in [0.717, 1.165) is 37.8 Å². The second-order valence-corrected chi connectivity index (χ2v) is 5.47. The summed E-state index contributed by atoms with van der Waals surface area (Å²) in [6, 6.07) is 0. The molecule has 1 aromatic rings. The first-order valence-corrected chi connectivity index (χ1v) is 7.94. The Morgan fingerprint density at radius 2 is 1.94 bits per heavy atom. The average molecular weight is 305 g/mol. The van der Waals surface area contributed by atoms with Crippen LogP contribution in [-0.4, -0.2) is 29.5 Å². The van der Waals surface area contributed by atoms with Crippen LogP contribution in [0.3, 0.4) is 0 Å². The van der Waals surface area contributed by atoms with Gasteiger partial charge in [-0.15, -0.1) is 11.3 Å². The normalized spacial score (nSPS) is 11.3. The number of hydrogen-bond donors (Lipinski definition) is 0. The van der Waals surface area contributed by atoms with Crippen molar-refractivity contribution in [2.45, 2.75) is 38.9 Å². The zero-order valence-corrected chi connectivity index (χ0v) is 12.8. The molecule has 0 spiro atoms. The number of likely N-dealkylation sites (N-methyl/N-ethyl adjacent to an activating group) is 1. The highest BCUT2D eigenvalue weighted by Gasteiger charge is 2.09. The molecule has 0 saturated carbocycles. The van der Waals surface area contributed by atoms with E-state index in [2.05, 4.69) is 41.6 Å². The molecule has 1 rings (SSSR count). The maximum atomic E-state index is 4.70. The van der Waals surface area contributed by atoms with Gasteiger partial charge in [-0.05, 0) is 19.5 Å². The number of hydrogen-bond acceptors (Lipinski definition) is 3. The summed E-state index contributed by atoms with van der Waals surface area (Å²) >= 11 is 5.39. The van der Waals surface area contributed by atoms with Gasteiger partial charge in [-0.1, -0.05) is 36.7 Å². The van der Waals surface area contributed by atoms with Crippen molar-refractivity contribution in [2.75, 3.05) is 19.6 Å². The van der Waals surface area contributed by atoms with Crippen molar-refractivity contribution in [3.8, 4) is 0 Å². The van der Waals surface area contributed by atoms with Gasteiger partial charge in [0.05, 0.1) is 10.7 Å². The summed E-state index contributed by atoms with van der Waals surface area (Å²) in [5, 5.41) is 2.23. The summed E-state index contributed by atoms with van der Waals surface area (Å²) in [5.41, 5.74) is 1.27. The van der Waals surface area contributed by atoms with Gasteiger partial charge in [0.15, 0.2) is 0 Å². The number of alkyl halides is 1. The van der Waals surface area contributed by atoms with Crippen LogP contribution in [0.4, 0.5) is 0 Å². The molecule has 16 heavy (non-hydrogen) atoms. The Morgan fingerprint density at radius 3 is 2.38 bits per heavy atom. The van der Waals surface area contributed by atoms with Crippen LogP contribution in [0, 0.1) is 0 Å². The lowest BCUT2D eigenvalue weighted by Gasteiger charge is -2.16. The van der Waals surface area contributed by atoms with E-state index >= 15 is 0 Å². The van der Waals surface area contributed by atoms with E-state index in [1.165, 1.54) is 15.6 Å². The van der Waals surface area contributed by atoms with Crippen molar-refractivity contribution in [3.63, 3.8) is 0 Å². The fraction of sp³-hybridized carbons (Fsp3) is 0.750. The third-order valence-electron chi connectivity index (χ3n) is 2.82. The van der Waals surface area contributed by atoms with Crippen LogP contribution in [-0.2, 0) is 18.2 Å². The fourth-order valence-corrected chi connectivity index (χ4v) is 3.38. The van der Waals surface area contributed by atoms with Crippen LogP contribution in [0.2, 0.25) is 0 Å². The van der Waals surface area contributed by atoms with E-state index in [0.29, 0.717) is 0 Å². The van der Waals surface area contributed by atoms with Crippen LogP contribution in [0.25, 0.3) is 0 Å². The standard InChI is InChI=1S/C12H21BrN2S/c1-4-10-11(9-13)16-12(14-10)7-8-15(5-2)6-3/h4-9H2,1-3H3. The van der Waals surface area contributed by atoms with Crippen molar-refractivity contribution < 1.29 is 0 Å². The lowest BCUT2D eigenvalue weighted by atomic mass is 10.3. The quantitative estimate of drug-likeness (QED) is 0.717. The first-order chi connectivity index (χ1) is 7.74. The fourth-order valence-electron chi connectivity index (χ4n) is 1.72. The lowest BCUT2D eigenvalue weighted by Crippen LogP contribution is -2.25. The summed E-state index contributed by atoms with van der Waals surface area (Å²) in [4.78, 5) is 8.55. The molecule has 0 aliphatic carbocycles. The van der Waals surface area contributed by atoms with Gasteiger partial charge in [0, 0.05) is 23.2 Å². The first-order valence-electron chi connectivity index (χ1n) is 6.00. The van der Waals surface area contributed by atoms with Gasteiger partial charge in [0.25, 0.3) is 0 Å². The number of aromatic nitrogens is 1. The molecule has 0 aliphatic heterocycles. The summed E-state index contributed by atoms with van der Waals surface area (Å²) < 4.78 is 0. The summed E-state index contributed by atoms with van der Waals surface area (Å²) in [7, 11) is 0. The third kappa shape index (κ3) is 3.82. The molecule has 1 aromatic heterocycles. The number of halogens is 1. The van der Waals surface area contributed by atoms with Gasteiger partial charge >= 0.3 is 0 Å². The molecule has 0 unspecified atom stereocenters. The molecular weight excluding hydrogens is 284 g/mol. The average Bonchev–Trinajstić information content (AvgIpc) is 2.73. The molecule has 0 atom stereocenters. The summed E-state index contributed by atoms with van der Waals surface area (Å²) in [5.74, 6) is 0. The maximum absolute atomic E-state index is 4.70. The minimum atomic E-state index is 0.944. The molecule has 4 heteroatoms. The van der Waals surface area contributed by atoms with Crippen molar-refractivity contribution >= 4 is 27.3 Å². The van der Waals surface area contributed by atoms with Crippen LogP contribution < -0.4 is 0 Å². The zero-order chi connectivity index (χ0) is 12.0. The Morgan fingerprint density at radius 1 is 1.25 bits per heavy atom. The van der Waals surface area contributed by atoms with Crippen LogP contribution in [0.15, 0.2) is 0 Å². The highest BCUT2D eigenvalue weighted by atomic mass is 79.9. The predicted molar refractivity (Wildman–Crippen MR) is 75.6 cm³/mol. The largest absolute Gasteiger partial charge is 0.303 e. The van der Waals surface area contributed by atoms with E-state index in [4.69, 9.17) is 4.98 Å². The summed E-state index contributed by atoms with van der Waals surface area (Å²) in [6.45, 7) is 10.0. The molecular formula is C12H21BrN2S. The number of aryl methyl sites for hydroxylation is 1. The number of rotatable bonds is 7. The molecule has 0 N–H and O–H groups in total. The number of nitrogens with zero attached hydrogens (tertiary/aromatic N) is 2. The molecule has 0 amide bonds. The molecule has 0 saturated heterocycles. The lowest BCUT2D eigenvalue weighted by molar-refractivity contribution is 0.308. The third-order valence-corrected chi connectivity index (χ3v) is 4.90. The smallest absolute Gasteiger partial charge is 0.0944 e. The topological polar surface area (TPSA) is 16.1 Å². The maximum Gasteiger partial charge on any atom is 0.0944 e. The predicted octanol–water partition coefficient (Wildman–Crippen LogP) is 3.48. The van der Waals surface area contributed by atoms with Crippen molar-refractivity contribution in [3.05, 3.63) is 15.6 Å². The van der Waals surface area contributed by atoms with Gasteiger partial charge in [0.1, 0.15) is 0 Å². The Hall–Kier alpha value is 0.0700. The van der Waals surface area contributed by atoms with E-state index in [1.54, 1.807) is 0 Å². The van der Waals surface area contributed by atoms with Crippen molar-refractivity contribution in [2.24, 2.45) is 0 Å². The summed E-state index contributed by atoms with van der Waals surface area (Å²) in [6.07, 6.45) is 2.13. The van der Waals surface area contributed by atoms with E-state index in [9.17, 15) is 0 Å². The van der Waals surface area contributed by atoms with Crippen LogP contribution in [0.1, 0.15) is 36.3 Å². The molecule has 0 bridgehead atoms. The highest BCUT2D eigenvalue weighted by molar-refractivity contribution is 9.08. The Kier molecular flexibility index (Phi) is 6.54. The van der Waals surface area contributed by atoms with Crippen molar-refractivity contribution in [1.29, 1.82) is 0 Å². The second-order valence-electron chi connectivity index (χ2n) is 3.74. The monoisotopic (exact) mass is 304 g/mol. The molecule has 0 aliphatic rings. The first kappa shape index (κ1) is 14.1. The molecule has 1 heterocycles. The van der Waals surface area contributed by atoms with Gasteiger partial charge in [0.2, 0.25) is 0 Å². The molecule has 2 nitrogen and oxygen atoms in total. The SMILES string of the molecule is CCc1nc(CCN(CC)CC)sc1CBr. The minimum absolute atomic E-state index is 0.944. The van der Waals surface area contributed by atoms with E-state index < -0.39 is 0 Å². The van der Waals surface area contributed by atoms with E-state index in [-0.39, 0.29) is 0 Å². The van der Waals surface area contributed by atoms with Crippen LogP contribution >= 0.6 is 27.3 Å². The van der Waals surface area contributed by atoms with E-state index in [1.807, 2.05) is 11.3 Å². The Bertz CT molecular complexity index is 286. The molecule has 0 aromatic carbocycles. The number of thiazole rings is 1. The minimum Gasteiger partial charge on any atom is -0.303 e. The van der Waals surface area contributed by atoms with Gasteiger partial charge in [-0.25, -0.2) is 4.98 Å². The Labute approximate surface area is 111 Å². The molecule has 0 fully saturated rings. The zero-order valence-electron chi connectivity index (χ0n) is 10.4. The van der Waals surface area contributed by atoms with Crippen LogP contribution in [0.5, 0.6) is 0 Å². The molecule has 0 radical (unpaired) electrons. The van der Waals surface area contributed by atoms with Crippen molar-refractivity contribution in [1.82, 2.24) is 9.88 Å².